The van der Waals surface area contributed by atoms with Gasteiger partial charge >= 0.3 is 0 Å². The van der Waals surface area contributed by atoms with E-state index in [2.05, 4.69) is 0 Å². The summed E-state index contributed by atoms with van der Waals surface area (Å²) in [5.74, 6) is 0. The Bertz CT molecular complexity index is 11.6. The molecule has 0 amide bonds. The molecule has 42 valence electrons. The average molecular weight is 245 g/mol. The van der Waals surface area contributed by atoms with Gasteiger partial charge in [-0.05, 0) is 0 Å². The van der Waals surface area contributed by atoms with E-state index in [1.807, 2.05) is 0 Å². The van der Waals surface area contributed by atoms with Gasteiger partial charge in [-0.25, -0.2) is 0 Å². The molecule has 0 fully saturated rings. The molecular formula is CH4CrCuMnNi. The third-order valence-electron chi connectivity index (χ3n) is 0. The minimum Gasteiger partial charge on any atom is -0.0776 e. The van der Waals surface area contributed by atoms with E-state index in [0.29, 0.717) is 0 Å². The van der Waals surface area contributed by atoms with Crippen LogP contribution in [0.2, 0.25) is 0 Å². The Morgan fingerprint density at radius 1 is 1.00 bits per heavy atom. The molecule has 0 spiro atoms. The van der Waals surface area contributed by atoms with Gasteiger partial charge in [0.1, 0.15) is 0 Å². The van der Waals surface area contributed by atoms with Gasteiger partial charge in [0.15, 0.2) is 0 Å². The molecule has 0 atom stereocenters. The maximum Gasteiger partial charge on any atom is 0 e. The van der Waals surface area contributed by atoms with Crippen molar-refractivity contribution in [2.45, 2.75) is 7.43 Å². The summed E-state index contributed by atoms with van der Waals surface area (Å²) in [6.07, 6.45) is 0. The summed E-state index contributed by atoms with van der Waals surface area (Å²) in [6.45, 7) is 0. The Kier molecular flexibility index (Phi) is 445. The van der Waals surface area contributed by atoms with Gasteiger partial charge in [0, 0.05) is 68.0 Å². The van der Waals surface area contributed by atoms with Crippen molar-refractivity contribution in [3.63, 3.8) is 0 Å². The molecule has 0 rings (SSSR count). The van der Waals surface area contributed by atoms with Crippen LogP contribution >= 0.6 is 0 Å². The van der Waals surface area contributed by atoms with Gasteiger partial charge in [-0.15, -0.1) is 0 Å². The summed E-state index contributed by atoms with van der Waals surface area (Å²) in [7, 11) is 0. The molecule has 0 aliphatic heterocycles. The molecule has 0 aliphatic rings. The van der Waals surface area contributed by atoms with Gasteiger partial charge in [0.25, 0.3) is 0 Å². The van der Waals surface area contributed by atoms with Crippen molar-refractivity contribution in [3.8, 4) is 0 Å². The molecule has 0 saturated carbocycles. The third kappa shape index (κ3) is 23.5. The minimum atomic E-state index is 0. The molecule has 0 unspecified atom stereocenters. The molecule has 4 heteroatoms. The fourth-order valence-electron chi connectivity index (χ4n) is 0. The first-order valence-electron chi connectivity index (χ1n) is 0. The number of hydrogen-bond donors (Lipinski definition) is 0. The maximum atomic E-state index is 0. The molecule has 0 aromatic carbocycles. The second-order valence-corrected chi connectivity index (χ2v) is 0. The molecule has 0 bridgehead atoms. The monoisotopic (exact) mass is 244 g/mol. The van der Waals surface area contributed by atoms with E-state index in [-0.39, 0.29) is 75.4 Å². The van der Waals surface area contributed by atoms with Crippen molar-refractivity contribution < 1.29 is 68.0 Å². The van der Waals surface area contributed by atoms with Gasteiger partial charge in [0.05, 0.1) is 0 Å². The van der Waals surface area contributed by atoms with Gasteiger partial charge in [-0.1, -0.05) is 7.43 Å². The van der Waals surface area contributed by atoms with Crippen LogP contribution in [0.15, 0.2) is 0 Å². The third-order valence-corrected chi connectivity index (χ3v) is 0. The standard InChI is InChI=1S/CH4.Cr.Cu.Mn.Ni/h1H4;;;;. The van der Waals surface area contributed by atoms with E-state index in [4.69, 9.17) is 0 Å². The van der Waals surface area contributed by atoms with Crippen LogP contribution in [-0.4, -0.2) is 0 Å². The van der Waals surface area contributed by atoms with Crippen molar-refractivity contribution in [2.75, 3.05) is 0 Å². The van der Waals surface area contributed by atoms with Gasteiger partial charge in [-0.2, -0.15) is 0 Å². The predicted octanol–water partition coefficient (Wildman–Crippen LogP) is 0.626. The zero-order valence-electron chi connectivity index (χ0n) is 1.40. The first-order chi connectivity index (χ1) is 0. The Balaban J connectivity index is 0. The van der Waals surface area contributed by atoms with E-state index in [9.17, 15) is 0 Å². The molecule has 0 heterocycles. The van der Waals surface area contributed by atoms with Gasteiger partial charge < -0.3 is 0 Å². The smallest absolute Gasteiger partial charge is 0 e. The summed E-state index contributed by atoms with van der Waals surface area (Å²) in [6, 6.07) is 0. The second-order valence-electron chi connectivity index (χ2n) is 0. The zero-order chi connectivity index (χ0) is 0. The predicted molar refractivity (Wildman–Crippen MR) is 6.73 cm³/mol. The fourth-order valence-corrected chi connectivity index (χ4v) is 0. The maximum absolute atomic E-state index is 0. The summed E-state index contributed by atoms with van der Waals surface area (Å²) in [5, 5.41) is 0. The average Bonchev–Trinajstić information content (AvgIpc) is 0. The molecular weight excluding hydrogens is 241 g/mol. The largest absolute Gasteiger partial charge is 0.0776 e. The van der Waals surface area contributed by atoms with E-state index in [1.165, 1.54) is 0 Å². The molecule has 0 aliphatic carbocycles. The van der Waals surface area contributed by atoms with E-state index < -0.39 is 0 Å². The summed E-state index contributed by atoms with van der Waals surface area (Å²) >= 11 is 0. The molecule has 0 nitrogen and oxygen atoms in total. The Morgan fingerprint density at radius 2 is 1.00 bits per heavy atom. The molecule has 0 aromatic heterocycles. The van der Waals surface area contributed by atoms with Crippen LogP contribution in [0, 0.1) is 0 Å². The van der Waals surface area contributed by atoms with Crippen molar-refractivity contribution in [1.82, 2.24) is 0 Å². The van der Waals surface area contributed by atoms with Crippen LogP contribution in [0.4, 0.5) is 0 Å². The number of rotatable bonds is 0. The summed E-state index contributed by atoms with van der Waals surface area (Å²) in [4.78, 5) is 0. The fraction of sp³-hybridized carbons (Fsp3) is 1.00. The molecule has 0 saturated heterocycles. The number of hydrogen-bond acceptors (Lipinski definition) is 0. The minimum absolute atomic E-state index is 0. The van der Waals surface area contributed by atoms with E-state index >= 15 is 0 Å². The van der Waals surface area contributed by atoms with Gasteiger partial charge in [-0.3, -0.25) is 0 Å². The van der Waals surface area contributed by atoms with E-state index in [0.717, 1.165) is 0 Å². The van der Waals surface area contributed by atoms with Crippen LogP contribution in [0.25, 0.3) is 0 Å². The molecule has 5 heavy (non-hydrogen) atoms. The van der Waals surface area contributed by atoms with Crippen molar-refractivity contribution in [3.05, 3.63) is 0 Å². The quantitative estimate of drug-likeness (QED) is 0.549. The zero-order valence-corrected chi connectivity index (χ0v) is 5.79. The first-order valence-corrected chi connectivity index (χ1v) is 0. The van der Waals surface area contributed by atoms with Crippen molar-refractivity contribution in [1.29, 1.82) is 0 Å². The summed E-state index contributed by atoms with van der Waals surface area (Å²) < 4.78 is 0. The molecule has 0 aromatic rings. The van der Waals surface area contributed by atoms with E-state index in [1.54, 1.807) is 0 Å². The topological polar surface area (TPSA) is 0 Å². The molecule has 2 radical (unpaired) electrons. The summed E-state index contributed by atoms with van der Waals surface area (Å²) in [5.41, 5.74) is 0. The SMILES string of the molecule is C.[Cr].[Cu].[Mn].[Ni]. The first kappa shape index (κ1) is 60.9. The van der Waals surface area contributed by atoms with Crippen LogP contribution < -0.4 is 0 Å². The van der Waals surface area contributed by atoms with Crippen LogP contribution in [-0.2, 0) is 68.0 Å². The van der Waals surface area contributed by atoms with Crippen LogP contribution in [0.1, 0.15) is 7.43 Å². The normalized spacial score (nSPS) is 0. The van der Waals surface area contributed by atoms with Gasteiger partial charge in [0.2, 0.25) is 0 Å². The Hall–Kier alpha value is 2.06. The van der Waals surface area contributed by atoms with Crippen molar-refractivity contribution in [2.24, 2.45) is 0 Å². The Labute approximate surface area is 74.9 Å². The van der Waals surface area contributed by atoms with Crippen LogP contribution in [0.5, 0.6) is 0 Å². The Morgan fingerprint density at radius 3 is 1.00 bits per heavy atom. The molecule has 0 N–H and O–H groups in total. The van der Waals surface area contributed by atoms with Crippen LogP contribution in [0.3, 0.4) is 0 Å². The second kappa shape index (κ2) is 36.5. The van der Waals surface area contributed by atoms with Crippen molar-refractivity contribution >= 4 is 0 Å².